The molecule has 0 atom stereocenters. The average molecular weight is 486 g/mol. The lowest BCUT2D eigenvalue weighted by Gasteiger charge is -2.11. The van der Waals surface area contributed by atoms with Crippen molar-refractivity contribution in [2.45, 2.75) is 19.9 Å². The number of fused-ring (bicyclic) bond motifs is 1. The highest BCUT2D eigenvalue weighted by molar-refractivity contribution is 7.16. The number of benzene rings is 1. The largest absolute Gasteiger partial charge is 0.482 e. The Labute approximate surface area is 205 Å². The second-order valence-corrected chi connectivity index (χ2v) is 9.04. The Morgan fingerprint density at radius 2 is 1.91 bits per heavy atom. The molecule has 35 heavy (non-hydrogen) atoms. The van der Waals surface area contributed by atoms with Crippen LogP contribution in [0.25, 0.3) is 32.7 Å². The molecule has 5 rings (SSSR count). The van der Waals surface area contributed by atoms with E-state index in [0.29, 0.717) is 23.0 Å². The van der Waals surface area contributed by atoms with E-state index >= 15 is 0 Å². The zero-order chi connectivity index (χ0) is 24.2. The van der Waals surface area contributed by atoms with Gasteiger partial charge in [0.25, 0.3) is 5.91 Å². The summed E-state index contributed by atoms with van der Waals surface area (Å²) < 4.78 is 5.62. The number of nitrogens with zero attached hydrogens (tertiary/aromatic N) is 4. The molecule has 0 radical (unpaired) electrons. The maximum atomic E-state index is 11.9. The number of nitrogens with one attached hydrogen (secondary N) is 3. The fourth-order valence-corrected chi connectivity index (χ4v) is 4.27. The van der Waals surface area contributed by atoms with Crippen molar-refractivity contribution in [3.8, 4) is 28.3 Å². The number of aromatic amines is 1. The number of carbonyl (C=O) groups excluding carboxylic acids is 1. The lowest BCUT2D eigenvalue weighted by Crippen LogP contribution is -2.34. The summed E-state index contributed by atoms with van der Waals surface area (Å²) in [4.78, 5) is 26.5. The number of pyridine rings is 1. The number of ether oxygens (including phenoxy) is 1. The summed E-state index contributed by atoms with van der Waals surface area (Å²) in [7, 11) is 0. The molecule has 1 aromatic carbocycles. The molecule has 5 aromatic rings. The summed E-state index contributed by atoms with van der Waals surface area (Å²) in [6.45, 7) is 3.71. The molecule has 0 aliphatic rings. The number of H-pyrrole nitrogens is 1. The summed E-state index contributed by atoms with van der Waals surface area (Å²) in [5.74, 6) is 1.50. The molecular weight excluding hydrogens is 462 g/mol. The van der Waals surface area contributed by atoms with Gasteiger partial charge in [-0.25, -0.2) is 9.97 Å². The van der Waals surface area contributed by atoms with Gasteiger partial charge in [0.05, 0.1) is 17.8 Å². The van der Waals surface area contributed by atoms with E-state index in [9.17, 15) is 4.79 Å². The summed E-state index contributed by atoms with van der Waals surface area (Å²) in [6, 6.07) is 11.9. The first-order valence-corrected chi connectivity index (χ1v) is 11.9. The molecular formula is C25H23N7O2S. The predicted octanol–water partition coefficient (Wildman–Crippen LogP) is 4.79. The van der Waals surface area contributed by atoms with Crippen LogP contribution in [0.15, 0.2) is 66.6 Å². The average Bonchev–Trinajstić information content (AvgIpc) is 3.56. The van der Waals surface area contributed by atoms with Gasteiger partial charge in [0.1, 0.15) is 16.4 Å². The van der Waals surface area contributed by atoms with E-state index in [1.54, 1.807) is 24.7 Å². The minimum atomic E-state index is -0.188. The SMILES string of the molecule is CC(C)NC(=O)COc1cncc(-c2nc(Nc3ccc(-c4cn[nH]c4)cc3)c3ccsc3n2)c1. The van der Waals surface area contributed by atoms with Gasteiger partial charge in [-0.05, 0) is 49.1 Å². The van der Waals surface area contributed by atoms with Crippen molar-refractivity contribution < 1.29 is 9.53 Å². The maximum Gasteiger partial charge on any atom is 0.258 e. The first-order chi connectivity index (χ1) is 17.0. The third kappa shape index (κ3) is 5.28. The van der Waals surface area contributed by atoms with Crippen LogP contribution < -0.4 is 15.4 Å². The highest BCUT2D eigenvalue weighted by Crippen LogP contribution is 2.31. The van der Waals surface area contributed by atoms with Crippen LogP contribution in [-0.2, 0) is 4.79 Å². The molecule has 9 nitrogen and oxygen atoms in total. The number of thiophene rings is 1. The van der Waals surface area contributed by atoms with Gasteiger partial charge >= 0.3 is 0 Å². The quantitative estimate of drug-likeness (QED) is 0.289. The van der Waals surface area contributed by atoms with Crippen molar-refractivity contribution in [3.05, 3.63) is 66.6 Å². The number of anilines is 2. The molecule has 0 spiro atoms. The van der Waals surface area contributed by atoms with Gasteiger partial charge in [-0.2, -0.15) is 5.10 Å². The molecule has 0 fully saturated rings. The molecule has 4 heterocycles. The number of carbonyl (C=O) groups is 1. The first kappa shape index (κ1) is 22.5. The molecule has 10 heteroatoms. The molecule has 3 N–H and O–H groups in total. The van der Waals surface area contributed by atoms with Crippen molar-refractivity contribution in [2.24, 2.45) is 0 Å². The predicted molar refractivity (Wildman–Crippen MR) is 137 cm³/mol. The van der Waals surface area contributed by atoms with Gasteiger partial charge in [-0.1, -0.05) is 12.1 Å². The molecule has 0 unspecified atom stereocenters. The minimum Gasteiger partial charge on any atom is -0.482 e. The Hall–Kier alpha value is -4.31. The van der Waals surface area contributed by atoms with E-state index in [-0.39, 0.29) is 18.6 Å². The number of hydrogen-bond acceptors (Lipinski definition) is 8. The van der Waals surface area contributed by atoms with Crippen LogP contribution in [0.3, 0.4) is 0 Å². The molecule has 0 bridgehead atoms. The van der Waals surface area contributed by atoms with E-state index < -0.39 is 0 Å². The van der Waals surface area contributed by atoms with Gasteiger partial charge in [-0.15, -0.1) is 11.3 Å². The molecule has 176 valence electrons. The number of aromatic nitrogens is 5. The highest BCUT2D eigenvalue weighted by atomic mass is 32.1. The Morgan fingerprint density at radius 1 is 1.06 bits per heavy atom. The van der Waals surface area contributed by atoms with Crippen molar-refractivity contribution in [1.82, 2.24) is 30.5 Å². The summed E-state index contributed by atoms with van der Waals surface area (Å²) in [6.07, 6.45) is 6.89. The molecule has 0 saturated carbocycles. The van der Waals surface area contributed by atoms with Crippen LogP contribution in [0.5, 0.6) is 5.75 Å². The van der Waals surface area contributed by atoms with Crippen molar-refractivity contribution in [1.29, 1.82) is 0 Å². The second kappa shape index (κ2) is 9.90. The van der Waals surface area contributed by atoms with Crippen LogP contribution in [0.2, 0.25) is 0 Å². The van der Waals surface area contributed by atoms with Gasteiger partial charge in [-0.3, -0.25) is 14.9 Å². The fraction of sp³-hybridized carbons (Fsp3) is 0.160. The summed E-state index contributed by atoms with van der Waals surface area (Å²) in [5.41, 5.74) is 3.69. The monoisotopic (exact) mass is 485 g/mol. The molecule has 1 amide bonds. The standard InChI is InChI=1S/C25H23N7O2S/c1-15(2)29-22(33)14-34-20-9-17(10-26-13-20)23-31-24(21-7-8-35-25(21)32-23)30-19-5-3-16(4-6-19)18-11-27-28-12-18/h3-13,15H,14H2,1-2H3,(H,27,28)(H,29,33)(H,30,31,32). The lowest BCUT2D eigenvalue weighted by atomic mass is 10.1. The third-order valence-electron chi connectivity index (χ3n) is 5.10. The third-order valence-corrected chi connectivity index (χ3v) is 5.90. The Balaban J connectivity index is 1.39. The van der Waals surface area contributed by atoms with Gasteiger partial charge < -0.3 is 15.4 Å². The van der Waals surface area contributed by atoms with Crippen LogP contribution in [0.1, 0.15) is 13.8 Å². The number of hydrogen-bond donors (Lipinski definition) is 3. The van der Waals surface area contributed by atoms with E-state index in [0.717, 1.165) is 27.0 Å². The van der Waals surface area contributed by atoms with Crippen LogP contribution in [-0.4, -0.2) is 43.7 Å². The Bertz CT molecular complexity index is 1450. The first-order valence-electron chi connectivity index (χ1n) is 11.0. The fourth-order valence-electron chi connectivity index (χ4n) is 3.50. The second-order valence-electron chi connectivity index (χ2n) is 8.14. The molecule has 0 aliphatic carbocycles. The topological polar surface area (TPSA) is 118 Å². The molecule has 0 aliphatic heterocycles. The number of amides is 1. The van der Waals surface area contributed by atoms with E-state index in [4.69, 9.17) is 14.7 Å². The van der Waals surface area contributed by atoms with Crippen molar-refractivity contribution in [3.63, 3.8) is 0 Å². The van der Waals surface area contributed by atoms with E-state index in [2.05, 4.69) is 25.8 Å². The Morgan fingerprint density at radius 3 is 2.69 bits per heavy atom. The van der Waals surface area contributed by atoms with Gasteiger partial charge in [0.2, 0.25) is 0 Å². The zero-order valence-electron chi connectivity index (χ0n) is 19.1. The van der Waals surface area contributed by atoms with E-state index in [1.807, 2.05) is 55.8 Å². The van der Waals surface area contributed by atoms with Crippen LogP contribution in [0.4, 0.5) is 11.5 Å². The molecule has 0 saturated heterocycles. The van der Waals surface area contributed by atoms with Gasteiger partial charge in [0.15, 0.2) is 12.4 Å². The number of rotatable bonds is 8. The molecule has 4 aromatic heterocycles. The van der Waals surface area contributed by atoms with Gasteiger partial charge in [0, 0.05) is 35.2 Å². The maximum absolute atomic E-state index is 11.9. The highest BCUT2D eigenvalue weighted by Gasteiger charge is 2.13. The van der Waals surface area contributed by atoms with Crippen LogP contribution >= 0.6 is 11.3 Å². The Kier molecular flexibility index (Phi) is 6.36. The van der Waals surface area contributed by atoms with Crippen molar-refractivity contribution in [2.75, 3.05) is 11.9 Å². The summed E-state index contributed by atoms with van der Waals surface area (Å²) in [5, 5.41) is 16.0. The summed E-state index contributed by atoms with van der Waals surface area (Å²) >= 11 is 1.54. The zero-order valence-corrected chi connectivity index (χ0v) is 20.0. The lowest BCUT2D eigenvalue weighted by molar-refractivity contribution is -0.123. The smallest absolute Gasteiger partial charge is 0.258 e. The van der Waals surface area contributed by atoms with Crippen LogP contribution in [0, 0.1) is 0 Å². The normalized spacial score (nSPS) is 11.1. The minimum absolute atomic E-state index is 0.0502. The van der Waals surface area contributed by atoms with Crippen molar-refractivity contribution >= 4 is 39.0 Å². The van der Waals surface area contributed by atoms with E-state index in [1.165, 1.54) is 11.3 Å².